The molecule has 2 unspecified atom stereocenters. The van der Waals surface area contributed by atoms with Gasteiger partial charge in [0.1, 0.15) is 6.04 Å². The third-order valence-corrected chi connectivity index (χ3v) is 4.80. The van der Waals surface area contributed by atoms with E-state index in [0.29, 0.717) is 34.9 Å². The Balaban J connectivity index is 2.09. The molecule has 154 valence electrons. The van der Waals surface area contributed by atoms with Crippen LogP contribution < -0.4 is 10.6 Å². The lowest BCUT2D eigenvalue weighted by Crippen LogP contribution is -2.47. The number of carbonyl (C=O) groups excluding carboxylic acids is 3. The van der Waals surface area contributed by atoms with E-state index in [2.05, 4.69) is 10.6 Å². The smallest absolute Gasteiger partial charge is 0.338 e. The molecule has 2 rings (SSSR count). The number of hydrogen-bond donors (Lipinski definition) is 2. The van der Waals surface area contributed by atoms with Crippen LogP contribution in [0.3, 0.4) is 0 Å². The first-order valence-corrected chi connectivity index (χ1v) is 9.88. The summed E-state index contributed by atoms with van der Waals surface area (Å²) in [5.41, 5.74) is 1.35. The van der Waals surface area contributed by atoms with Gasteiger partial charge in [0.15, 0.2) is 0 Å². The van der Waals surface area contributed by atoms with Gasteiger partial charge in [0.2, 0.25) is 5.91 Å². The van der Waals surface area contributed by atoms with Gasteiger partial charge in [0.25, 0.3) is 5.91 Å². The number of nitrogens with one attached hydrogen (secondary N) is 2. The molecule has 0 fully saturated rings. The number of hydrogen-bond acceptors (Lipinski definition) is 4. The van der Waals surface area contributed by atoms with Crippen LogP contribution in [0.25, 0.3) is 0 Å². The van der Waals surface area contributed by atoms with Gasteiger partial charge >= 0.3 is 5.97 Å². The van der Waals surface area contributed by atoms with Crippen LogP contribution >= 0.6 is 11.6 Å². The molecule has 2 atom stereocenters. The highest BCUT2D eigenvalue weighted by Gasteiger charge is 2.26. The highest BCUT2D eigenvalue weighted by molar-refractivity contribution is 6.30. The first kappa shape index (κ1) is 22.4. The van der Waals surface area contributed by atoms with Gasteiger partial charge in [-0.15, -0.1) is 0 Å². The molecule has 0 bridgehead atoms. The number of amides is 2. The van der Waals surface area contributed by atoms with Crippen molar-refractivity contribution in [1.82, 2.24) is 5.32 Å². The Labute approximate surface area is 175 Å². The summed E-state index contributed by atoms with van der Waals surface area (Å²) < 4.78 is 4.94. The second kappa shape index (κ2) is 10.6. The van der Waals surface area contributed by atoms with E-state index >= 15 is 0 Å². The Kier molecular flexibility index (Phi) is 8.21. The van der Waals surface area contributed by atoms with E-state index in [-0.39, 0.29) is 17.7 Å². The Morgan fingerprint density at radius 2 is 1.55 bits per heavy atom. The van der Waals surface area contributed by atoms with Gasteiger partial charge in [-0.1, -0.05) is 31.9 Å². The average molecular weight is 417 g/mol. The van der Waals surface area contributed by atoms with Crippen LogP contribution in [0.1, 0.15) is 47.9 Å². The minimum atomic E-state index is -0.715. The van der Waals surface area contributed by atoms with Crippen molar-refractivity contribution in [3.05, 3.63) is 64.7 Å². The lowest BCUT2D eigenvalue weighted by Gasteiger charge is -2.23. The number of rotatable bonds is 8. The molecule has 2 aromatic rings. The Hall–Kier alpha value is -2.86. The van der Waals surface area contributed by atoms with E-state index in [0.717, 1.165) is 0 Å². The number of halogens is 1. The quantitative estimate of drug-likeness (QED) is 0.628. The van der Waals surface area contributed by atoms with E-state index in [1.165, 1.54) is 0 Å². The van der Waals surface area contributed by atoms with Crippen LogP contribution in [0.5, 0.6) is 0 Å². The van der Waals surface area contributed by atoms with Crippen LogP contribution in [0.4, 0.5) is 5.69 Å². The highest BCUT2D eigenvalue weighted by atomic mass is 35.5. The first-order valence-electron chi connectivity index (χ1n) is 9.50. The zero-order chi connectivity index (χ0) is 21.4. The molecule has 29 heavy (non-hydrogen) atoms. The largest absolute Gasteiger partial charge is 0.462 e. The fourth-order valence-electron chi connectivity index (χ4n) is 2.65. The molecular weight excluding hydrogens is 392 g/mol. The molecule has 0 saturated carbocycles. The van der Waals surface area contributed by atoms with Crippen molar-refractivity contribution >= 4 is 35.1 Å². The van der Waals surface area contributed by atoms with Crippen molar-refractivity contribution in [1.29, 1.82) is 0 Å². The van der Waals surface area contributed by atoms with Crippen LogP contribution in [-0.2, 0) is 9.53 Å². The maximum Gasteiger partial charge on any atom is 0.338 e. The van der Waals surface area contributed by atoms with Gasteiger partial charge in [-0.25, -0.2) is 4.79 Å². The second-order valence-corrected chi connectivity index (χ2v) is 7.07. The lowest BCUT2D eigenvalue weighted by molar-refractivity contribution is -0.119. The number of anilines is 1. The molecule has 7 heteroatoms. The predicted octanol–water partition coefficient (Wildman–Crippen LogP) is 4.30. The summed E-state index contributed by atoms with van der Waals surface area (Å²) in [7, 11) is 0. The summed E-state index contributed by atoms with van der Waals surface area (Å²) in [5.74, 6) is -1.17. The third-order valence-electron chi connectivity index (χ3n) is 4.55. The van der Waals surface area contributed by atoms with Crippen LogP contribution in [0.2, 0.25) is 5.02 Å². The first-order chi connectivity index (χ1) is 13.8. The summed E-state index contributed by atoms with van der Waals surface area (Å²) in [6.45, 7) is 5.88. The lowest BCUT2D eigenvalue weighted by atomic mass is 9.97. The number of ether oxygens (including phenoxy) is 1. The maximum atomic E-state index is 12.8. The highest BCUT2D eigenvalue weighted by Crippen LogP contribution is 2.15. The van der Waals surface area contributed by atoms with Crippen LogP contribution in [-0.4, -0.2) is 30.4 Å². The molecule has 2 N–H and O–H groups in total. The molecule has 0 aliphatic rings. The van der Waals surface area contributed by atoms with Gasteiger partial charge in [0.05, 0.1) is 12.2 Å². The van der Waals surface area contributed by atoms with Gasteiger partial charge in [0, 0.05) is 16.3 Å². The molecule has 0 aromatic heterocycles. The monoisotopic (exact) mass is 416 g/mol. The molecule has 2 amide bonds. The second-order valence-electron chi connectivity index (χ2n) is 6.63. The molecule has 0 saturated heterocycles. The van der Waals surface area contributed by atoms with Crippen molar-refractivity contribution in [2.75, 3.05) is 11.9 Å². The summed E-state index contributed by atoms with van der Waals surface area (Å²) in [6.07, 6.45) is 0.709. The minimum absolute atomic E-state index is 0.0787. The molecule has 0 spiro atoms. The third kappa shape index (κ3) is 6.32. The molecule has 0 aliphatic heterocycles. The Morgan fingerprint density at radius 3 is 2.10 bits per heavy atom. The maximum absolute atomic E-state index is 12.8. The molecular formula is C22H25ClN2O4. The summed E-state index contributed by atoms with van der Waals surface area (Å²) in [4.78, 5) is 37.1. The molecule has 0 aliphatic carbocycles. The standard InChI is InChI=1S/C22H25ClN2O4/c1-4-14(3)19(25-20(26)15-6-10-17(23)11-7-15)21(27)24-18-12-8-16(9-13-18)22(28)29-5-2/h6-14,19H,4-5H2,1-3H3,(H,24,27)(H,25,26). The van der Waals surface area contributed by atoms with Gasteiger partial charge < -0.3 is 15.4 Å². The topological polar surface area (TPSA) is 84.5 Å². The van der Waals surface area contributed by atoms with Crippen molar-refractivity contribution in [2.45, 2.75) is 33.2 Å². The van der Waals surface area contributed by atoms with Gasteiger partial charge in [-0.2, -0.15) is 0 Å². The fourth-order valence-corrected chi connectivity index (χ4v) is 2.78. The van der Waals surface area contributed by atoms with Crippen molar-refractivity contribution < 1.29 is 19.1 Å². The van der Waals surface area contributed by atoms with Crippen LogP contribution in [0.15, 0.2) is 48.5 Å². The van der Waals surface area contributed by atoms with Gasteiger partial charge in [-0.3, -0.25) is 9.59 Å². The molecule has 0 radical (unpaired) electrons. The average Bonchev–Trinajstić information content (AvgIpc) is 2.72. The van der Waals surface area contributed by atoms with E-state index in [9.17, 15) is 14.4 Å². The predicted molar refractivity (Wildman–Crippen MR) is 113 cm³/mol. The zero-order valence-corrected chi connectivity index (χ0v) is 17.5. The summed E-state index contributed by atoms with van der Waals surface area (Å²) >= 11 is 5.86. The van der Waals surface area contributed by atoms with E-state index in [1.54, 1.807) is 55.5 Å². The molecule has 6 nitrogen and oxygen atoms in total. The van der Waals surface area contributed by atoms with E-state index < -0.39 is 12.0 Å². The summed E-state index contributed by atoms with van der Waals surface area (Å²) in [6, 6.07) is 12.2. The minimum Gasteiger partial charge on any atom is -0.462 e. The Morgan fingerprint density at radius 1 is 0.966 bits per heavy atom. The number of benzene rings is 2. The molecule has 0 heterocycles. The van der Waals surface area contributed by atoms with Crippen molar-refractivity contribution in [3.8, 4) is 0 Å². The number of esters is 1. The zero-order valence-electron chi connectivity index (χ0n) is 16.7. The Bertz CT molecular complexity index is 850. The fraction of sp³-hybridized carbons (Fsp3) is 0.318. The van der Waals surface area contributed by atoms with Gasteiger partial charge in [-0.05, 0) is 61.4 Å². The van der Waals surface area contributed by atoms with Crippen LogP contribution in [0, 0.1) is 5.92 Å². The van der Waals surface area contributed by atoms with E-state index in [1.807, 2.05) is 13.8 Å². The van der Waals surface area contributed by atoms with Crippen molar-refractivity contribution in [2.24, 2.45) is 5.92 Å². The SMILES string of the molecule is CCOC(=O)c1ccc(NC(=O)C(NC(=O)c2ccc(Cl)cc2)C(C)CC)cc1. The van der Waals surface area contributed by atoms with Crippen molar-refractivity contribution in [3.63, 3.8) is 0 Å². The number of carbonyl (C=O) groups is 3. The summed E-state index contributed by atoms with van der Waals surface area (Å²) in [5, 5.41) is 6.13. The molecule has 2 aromatic carbocycles. The normalized spacial score (nSPS) is 12.6. The van der Waals surface area contributed by atoms with E-state index in [4.69, 9.17) is 16.3 Å².